The minimum Gasteiger partial charge on any atom is -0.316 e. The summed E-state index contributed by atoms with van der Waals surface area (Å²) in [6.45, 7) is 0. The van der Waals surface area contributed by atoms with Gasteiger partial charge in [-0.15, -0.1) is 0 Å². The molecule has 2 rings (SSSR count). The zero-order valence-corrected chi connectivity index (χ0v) is 10.5. The van der Waals surface area contributed by atoms with Crippen LogP contribution in [0.4, 0.5) is 14.5 Å². The summed E-state index contributed by atoms with van der Waals surface area (Å²) in [6.07, 6.45) is 1.42. The van der Waals surface area contributed by atoms with Crippen molar-refractivity contribution in [1.29, 1.82) is 0 Å². The van der Waals surface area contributed by atoms with E-state index in [1.807, 2.05) is 0 Å². The van der Waals surface area contributed by atoms with Crippen LogP contribution in [0.15, 0.2) is 41.0 Å². The second kappa shape index (κ2) is 5.22. The van der Waals surface area contributed by atoms with E-state index in [0.717, 1.165) is 12.1 Å². The molecule has 6 heteroatoms. The molecular weight excluding hydrogens is 306 g/mol. The van der Waals surface area contributed by atoms with E-state index in [9.17, 15) is 13.6 Å². The number of anilines is 1. The Morgan fingerprint density at radius 3 is 2.44 bits per heavy atom. The fraction of sp³-hybridized carbons (Fsp3) is 0. The largest absolute Gasteiger partial charge is 0.316 e. The van der Waals surface area contributed by atoms with Crippen LogP contribution in [0, 0.1) is 11.6 Å². The lowest BCUT2D eigenvalue weighted by molar-refractivity contribution is 0.102. The van der Waals surface area contributed by atoms with E-state index < -0.39 is 23.2 Å². The van der Waals surface area contributed by atoms with Gasteiger partial charge in [0.1, 0.15) is 11.4 Å². The van der Waals surface area contributed by atoms with E-state index in [1.165, 1.54) is 12.3 Å². The molecule has 0 fully saturated rings. The number of hydrogen-bond donors (Lipinski definition) is 1. The molecule has 0 saturated carbocycles. The second-order valence-electron chi connectivity index (χ2n) is 3.41. The van der Waals surface area contributed by atoms with E-state index in [0.29, 0.717) is 0 Å². The zero-order valence-electron chi connectivity index (χ0n) is 8.95. The Hall–Kier alpha value is -1.82. The minimum absolute atomic E-state index is 0.0826. The predicted molar refractivity (Wildman–Crippen MR) is 66.2 cm³/mol. The first kappa shape index (κ1) is 12.6. The highest BCUT2D eigenvalue weighted by Gasteiger charge is 2.15. The fourth-order valence-corrected chi connectivity index (χ4v) is 1.74. The van der Waals surface area contributed by atoms with Crippen molar-refractivity contribution in [3.8, 4) is 0 Å². The maximum atomic E-state index is 13.5. The normalized spacial score (nSPS) is 10.2. The highest BCUT2D eigenvalue weighted by molar-refractivity contribution is 9.10. The van der Waals surface area contributed by atoms with Crippen LogP contribution in [0.2, 0.25) is 0 Å². The number of hydrogen-bond acceptors (Lipinski definition) is 2. The molecule has 0 unspecified atom stereocenters. The van der Waals surface area contributed by atoms with Crippen molar-refractivity contribution in [2.45, 2.75) is 0 Å². The van der Waals surface area contributed by atoms with Gasteiger partial charge in [-0.2, -0.15) is 0 Å². The molecule has 1 amide bonds. The number of carbonyl (C=O) groups is 1. The molecule has 18 heavy (non-hydrogen) atoms. The van der Waals surface area contributed by atoms with Crippen LogP contribution in [-0.4, -0.2) is 10.9 Å². The maximum absolute atomic E-state index is 13.5. The fourth-order valence-electron chi connectivity index (χ4n) is 1.34. The summed E-state index contributed by atoms with van der Waals surface area (Å²) in [7, 11) is 0. The van der Waals surface area contributed by atoms with Crippen LogP contribution >= 0.6 is 15.9 Å². The molecule has 2 aromatic rings. The smallest absolute Gasteiger partial charge is 0.274 e. The zero-order chi connectivity index (χ0) is 13.1. The molecule has 0 aliphatic heterocycles. The summed E-state index contributed by atoms with van der Waals surface area (Å²) < 4.78 is 27.2. The van der Waals surface area contributed by atoms with Gasteiger partial charge >= 0.3 is 0 Å². The third-order valence-electron chi connectivity index (χ3n) is 2.14. The van der Waals surface area contributed by atoms with Crippen LogP contribution in [0.3, 0.4) is 0 Å². The van der Waals surface area contributed by atoms with Gasteiger partial charge in [-0.3, -0.25) is 9.78 Å². The van der Waals surface area contributed by atoms with Gasteiger partial charge in [0.2, 0.25) is 0 Å². The lowest BCUT2D eigenvalue weighted by atomic mass is 10.2. The molecule has 0 radical (unpaired) electrons. The van der Waals surface area contributed by atoms with Gasteiger partial charge in [-0.1, -0.05) is 22.0 Å². The number of halogens is 3. The first-order valence-corrected chi connectivity index (χ1v) is 5.74. The molecule has 0 atom stereocenters. The van der Waals surface area contributed by atoms with Crippen LogP contribution < -0.4 is 5.32 Å². The highest BCUT2D eigenvalue weighted by Crippen LogP contribution is 2.24. The Labute approximate surface area is 110 Å². The average Bonchev–Trinajstić information content (AvgIpc) is 2.34. The van der Waals surface area contributed by atoms with Gasteiger partial charge in [0.25, 0.3) is 5.91 Å². The molecule has 3 nitrogen and oxygen atoms in total. The minimum atomic E-state index is -0.855. The molecule has 1 aromatic heterocycles. The van der Waals surface area contributed by atoms with Crippen LogP contribution in [0.5, 0.6) is 0 Å². The third-order valence-corrected chi connectivity index (χ3v) is 2.60. The number of amides is 1. The molecular formula is C12H7BrF2N2O. The quantitative estimate of drug-likeness (QED) is 0.923. The van der Waals surface area contributed by atoms with Crippen molar-refractivity contribution < 1.29 is 13.6 Å². The van der Waals surface area contributed by atoms with E-state index in [-0.39, 0.29) is 10.2 Å². The second-order valence-corrected chi connectivity index (χ2v) is 4.33. The first-order chi connectivity index (χ1) is 8.58. The monoisotopic (exact) mass is 312 g/mol. The molecule has 0 saturated heterocycles. The van der Waals surface area contributed by atoms with Crippen LogP contribution in [0.25, 0.3) is 0 Å². The van der Waals surface area contributed by atoms with E-state index in [1.54, 1.807) is 12.1 Å². The van der Waals surface area contributed by atoms with E-state index >= 15 is 0 Å². The molecule has 92 valence electrons. The number of pyridine rings is 1. The summed E-state index contributed by atoms with van der Waals surface area (Å²) in [5, 5.41) is 2.15. The van der Waals surface area contributed by atoms with Gasteiger partial charge in [-0.25, -0.2) is 8.78 Å². The number of benzene rings is 1. The highest BCUT2D eigenvalue weighted by atomic mass is 79.9. The number of aromatic nitrogens is 1. The summed E-state index contributed by atoms with van der Waals surface area (Å²) in [6, 6.07) is 6.83. The molecule has 0 aliphatic rings. The average molecular weight is 313 g/mol. The molecule has 0 aliphatic carbocycles. The van der Waals surface area contributed by atoms with Gasteiger partial charge < -0.3 is 5.32 Å². The van der Waals surface area contributed by atoms with Crippen molar-refractivity contribution in [3.63, 3.8) is 0 Å². The molecule has 1 N–H and O–H groups in total. The Balaban J connectivity index is 2.28. The molecule has 0 spiro atoms. The van der Waals surface area contributed by atoms with Crippen molar-refractivity contribution in [2.75, 3.05) is 5.32 Å². The van der Waals surface area contributed by atoms with Crippen LogP contribution in [-0.2, 0) is 0 Å². The summed E-state index contributed by atoms with van der Waals surface area (Å²) in [5.41, 5.74) is -0.409. The molecule has 1 heterocycles. The van der Waals surface area contributed by atoms with Gasteiger partial charge in [0, 0.05) is 10.7 Å². The van der Waals surface area contributed by atoms with Crippen molar-refractivity contribution in [3.05, 3.63) is 58.3 Å². The lowest BCUT2D eigenvalue weighted by Crippen LogP contribution is -2.15. The lowest BCUT2D eigenvalue weighted by Gasteiger charge is -2.07. The van der Waals surface area contributed by atoms with Crippen molar-refractivity contribution in [1.82, 2.24) is 4.98 Å². The number of carbonyl (C=O) groups excluding carboxylic acids is 1. The van der Waals surface area contributed by atoms with Crippen LogP contribution in [0.1, 0.15) is 10.5 Å². The maximum Gasteiger partial charge on any atom is 0.274 e. The summed E-state index contributed by atoms with van der Waals surface area (Å²) in [4.78, 5) is 15.5. The van der Waals surface area contributed by atoms with Gasteiger partial charge in [-0.05, 0) is 24.3 Å². The molecule has 0 bridgehead atoms. The van der Waals surface area contributed by atoms with Gasteiger partial charge in [0.15, 0.2) is 11.6 Å². The topological polar surface area (TPSA) is 42.0 Å². The van der Waals surface area contributed by atoms with Crippen molar-refractivity contribution in [2.24, 2.45) is 0 Å². The van der Waals surface area contributed by atoms with Gasteiger partial charge in [0.05, 0.1) is 0 Å². The number of rotatable bonds is 2. The number of nitrogens with zero attached hydrogens (tertiary/aromatic N) is 1. The predicted octanol–water partition coefficient (Wildman–Crippen LogP) is 3.37. The Kier molecular flexibility index (Phi) is 3.66. The van der Waals surface area contributed by atoms with E-state index in [4.69, 9.17) is 0 Å². The number of nitrogens with one attached hydrogen (secondary N) is 1. The first-order valence-electron chi connectivity index (χ1n) is 4.95. The van der Waals surface area contributed by atoms with E-state index in [2.05, 4.69) is 26.2 Å². The summed E-state index contributed by atoms with van der Waals surface area (Å²) in [5.74, 6) is -2.38. The Morgan fingerprint density at radius 2 is 1.89 bits per heavy atom. The Bertz CT molecular complexity index is 567. The molecule has 1 aromatic carbocycles. The third kappa shape index (κ3) is 2.70. The van der Waals surface area contributed by atoms with Crippen molar-refractivity contribution >= 4 is 27.5 Å². The standard InChI is InChI=1S/C12H7BrF2N2O/c13-7-5-8(14)11(9(15)6-7)17-12(18)10-3-1-2-4-16-10/h1-6H,(H,17,18). The summed E-state index contributed by atoms with van der Waals surface area (Å²) >= 11 is 2.95. The SMILES string of the molecule is O=C(Nc1c(F)cc(Br)cc1F)c1ccccn1. The Morgan fingerprint density at radius 1 is 1.22 bits per heavy atom.